The summed E-state index contributed by atoms with van der Waals surface area (Å²) in [7, 11) is 0. The lowest BCUT2D eigenvalue weighted by Gasteiger charge is -2.15. The number of unbranched alkanes of at least 4 members (excludes halogenated alkanes) is 1. The summed E-state index contributed by atoms with van der Waals surface area (Å²) in [5.41, 5.74) is 1.13. The molecule has 1 atom stereocenters. The summed E-state index contributed by atoms with van der Waals surface area (Å²) in [5, 5.41) is 0.798. The van der Waals surface area contributed by atoms with Gasteiger partial charge in [0.1, 0.15) is 0 Å². The number of rotatable bonds is 8. The first-order chi connectivity index (χ1) is 8.29. The Morgan fingerprint density at radius 3 is 2.65 bits per heavy atom. The maximum atomic E-state index is 6.16. The molecule has 1 rings (SSSR count). The van der Waals surface area contributed by atoms with Crippen molar-refractivity contribution in [2.45, 2.75) is 32.1 Å². The van der Waals surface area contributed by atoms with Gasteiger partial charge in [0.15, 0.2) is 0 Å². The number of ether oxygens (including phenoxy) is 1. The SMILES string of the molecule is CCCCOCCC(CCl)c1ccccc1Cl. The summed E-state index contributed by atoms with van der Waals surface area (Å²) in [5.74, 6) is 0.868. The van der Waals surface area contributed by atoms with Crippen molar-refractivity contribution >= 4 is 23.2 Å². The van der Waals surface area contributed by atoms with Crippen molar-refractivity contribution in [2.24, 2.45) is 0 Å². The lowest BCUT2D eigenvalue weighted by molar-refractivity contribution is 0.125. The molecule has 0 saturated carbocycles. The molecule has 1 aromatic carbocycles. The second-order valence-corrected chi connectivity index (χ2v) is 4.84. The maximum Gasteiger partial charge on any atom is 0.0472 e. The van der Waals surface area contributed by atoms with E-state index in [4.69, 9.17) is 27.9 Å². The van der Waals surface area contributed by atoms with Gasteiger partial charge in [0.05, 0.1) is 0 Å². The van der Waals surface area contributed by atoms with Gasteiger partial charge in [-0.05, 0) is 24.5 Å². The zero-order valence-electron chi connectivity index (χ0n) is 10.3. The van der Waals surface area contributed by atoms with Crippen molar-refractivity contribution in [2.75, 3.05) is 19.1 Å². The van der Waals surface area contributed by atoms with Gasteiger partial charge in [-0.15, -0.1) is 11.6 Å². The van der Waals surface area contributed by atoms with E-state index in [2.05, 4.69) is 6.92 Å². The van der Waals surface area contributed by atoms with Crippen LogP contribution in [0.3, 0.4) is 0 Å². The topological polar surface area (TPSA) is 9.23 Å². The monoisotopic (exact) mass is 274 g/mol. The first-order valence-corrected chi connectivity index (χ1v) is 7.09. The molecule has 0 aliphatic heterocycles. The molecule has 0 aliphatic carbocycles. The highest BCUT2D eigenvalue weighted by Gasteiger charge is 2.13. The lowest BCUT2D eigenvalue weighted by Crippen LogP contribution is -2.07. The van der Waals surface area contributed by atoms with Crippen LogP contribution in [-0.2, 0) is 4.74 Å². The van der Waals surface area contributed by atoms with Crippen molar-refractivity contribution in [3.05, 3.63) is 34.9 Å². The fraction of sp³-hybridized carbons (Fsp3) is 0.571. The van der Waals surface area contributed by atoms with Crippen molar-refractivity contribution in [1.29, 1.82) is 0 Å². The summed E-state index contributed by atoms with van der Waals surface area (Å²) in [6, 6.07) is 7.89. The highest BCUT2D eigenvalue weighted by atomic mass is 35.5. The molecule has 1 nitrogen and oxygen atoms in total. The van der Waals surface area contributed by atoms with Crippen LogP contribution in [0.25, 0.3) is 0 Å². The van der Waals surface area contributed by atoms with Crippen LogP contribution < -0.4 is 0 Å². The standard InChI is InChI=1S/C14H20Cl2O/c1-2-3-9-17-10-8-12(11-15)13-6-4-5-7-14(13)16/h4-7,12H,2-3,8-11H2,1H3. The van der Waals surface area contributed by atoms with Crippen LogP contribution in [0.5, 0.6) is 0 Å². The smallest absolute Gasteiger partial charge is 0.0472 e. The van der Waals surface area contributed by atoms with E-state index in [0.29, 0.717) is 5.88 Å². The molecule has 0 spiro atoms. The molecule has 0 radical (unpaired) electrons. The van der Waals surface area contributed by atoms with Gasteiger partial charge in [0.25, 0.3) is 0 Å². The second kappa shape index (κ2) is 8.79. The van der Waals surface area contributed by atoms with E-state index in [1.165, 1.54) is 6.42 Å². The highest BCUT2D eigenvalue weighted by Crippen LogP contribution is 2.27. The van der Waals surface area contributed by atoms with Gasteiger partial charge in [-0.1, -0.05) is 43.1 Å². The molecule has 0 N–H and O–H groups in total. The van der Waals surface area contributed by atoms with Crippen molar-refractivity contribution in [3.63, 3.8) is 0 Å². The molecule has 0 aliphatic rings. The van der Waals surface area contributed by atoms with Crippen molar-refractivity contribution < 1.29 is 4.74 Å². The predicted octanol–water partition coefficient (Wildman–Crippen LogP) is 4.87. The average Bonchev–Trinajstić information content (AvgIpc) is 2.35. The molecule has 0 heterocycles. The predicted molar refractivity (Wildman–Crippen MR) is 75.3 cm³/mol. The fourth-order valence-electron chi connectivity index (χ4n) is 1.70. The zero-order valence-corrected chi connectivity index (χ0v) is 11.8. The molecular formula is C14H20Cl2O. The number of alkyl halides is 1. The van der Waals surface area contributed by atoms with E-state index < -0.39 is 0 Å². The average molecular weight is 275 g/mol. The largest absolute Gasteiger partial charge is 0.381 e. The molecule has 1 aromatic rings. The fourth-order valence-corrected chi connectivity index (χ4v) is 2.31. The molecule has 96 valence electrons. The Morgan fingerprint density at radius 2 is 2.00 bits per heavy atom. The number of benzene rings is 1. The molecule has 0 fully saturated rings. The molecule has 0 amide bonds. The normalized spacial score (nSPS) is 12.6. The molecule has 1 unspecified atom stereocenters. The molecular weight excluding hydrogens is 255 g/mol. The van der Waals surface area contributed by atoms with Crippen LogP contribution in [0, 0.1) is 0 Å². The van der Waals surface area contributed by atoms with Crippen LogP contribution in [0.4, 0.5) is 0 Å². The molecule has 0 aromatic heterocycles. The van der Waals surface area contributed by atoms with Gasteiger partial charge >= 0.3 is 0 Å². The molecule has 0 saturated heterocycles. The third-order valence-electron chi connectivity index (χ3n) is 2.78. The minimum absolute atomic E-state index is 0.284. The first kappa shape index (κ1) is 14.8. The highest BCUT2D eigenvalue weighted by molar-refractivity contribution is 6.31. The lowest BCUT2D eigenvalue weighted by atomic mass is 9.98. The van der Waals surface area contributed by atoms with E-state index in [1.807, 2.05) is 24.3 Å². The Kier molecular flexibility index (Phi) is 7.67. The minimum atomic E-state index is 0.284. The quantitative estimate of drug-likeness (QED) is 0.486. The Bertz CT molecular complexity index is 315. The molecule has 3 heteroatoms. The number of hydrogen-bond donors (Lipinski definition) is 0. The van der Waals surface area contributed by atoms with E-state index in [0.717, 1.165) is 36.6 Å². The van der Waals surface area contributed by atoms with Gasteiger partial charge in [0, 0.05) is 30.0 Å². The van der Waals surface area contributed by atoms with Crippen LogP contribution >= 0.6 is 23.2 Å². The van der Waals surface area contributed by atoms with Crippen molar-refractivity contribution in [3.8, 4) is 0 Å². The molecule has 0 bridgehead atoms. The summed E-state index contributed by atoms with van der Waals surface area (Å²) >= 11 is 12.2. The van der Waals surface area contributed by atoms with Crippen molar-refractivity contribution in [1.82, 2.24) is 0 Å². The van der Waals surface area contributed by atoms with Crippen LogP contribution in [0.15, 0.2) is 24.3 Å². The number of halogens is 2. The van der Waals surface area contributed by atoms with Gasteiger partial charge in [-0.25, -0.2) is 0 Å². The molecule has 17 heavy (non-hydrogen) atoms. The van der Waals surface area contributed by atoms with E-state index >= 15 is 0 Å². The van der Waals surface area contributed by atoms with E-state index in [9.17, 15) is 0 Å². The Morgan fingerprint density at radius 1 is 1.24 bits per heavy atom. The van der Waals surface area contributed by atoms with E-state index in [-0.39, 0.29) is 5.92 Å². The van der Waals surface area contributed by atoms with Gasteiger partial charge in [-0.3, -0.25) is 0 Å². The summed E-state index contributed by atoms with van der Waals surface area (Å²) in [6.45, 7) is 3.76. The van der Waals surface area contributed by atoms with Gasteiger partial charge < -0.3 is 4.74 Å². The van der Waals surface area contributed by atoms with Gasteiger partial charge in [-0.2, -0.15) is 0 Å². The second-order valence-electron chi connectivity index (χ2n) is 4.13. The first-order valence-electron chi connectivity index (χ1n) is 6.17. The Hall–Kier alpha value is -0.240. The third-order valence-corrected chi connectivity index (χ3v) is 3.50. The van der Waals surface area contributed by atoms with Gasteiger partial charge in [0.2, 0.25) is 0 Å². The Labute approximate surface area is 114 Å². The summed E-state index contributed by atoms with van der Waals surface area (Å²) in [4.78, 5) is 0. The minimum Gasteiger partial charge on any atom is -0.381 e. The van der Waals surface area contributed by atoms with Crippen LogP contribution in [0.2, 0.25) is 5.02 Å². The zero-order chi connectivity index (χ0) is 12.5. The third kappa shape index (κ3) is 5.29. The summed E-state index contributed by atoms with van der Waals surface area (Å²) in [6.07, 6.45) is 3.22. The summed E-state index contributed by atoms with van der Waals surface area (Å²) < 4.78 is 5.57. The maximum absolute atomic E-state index is 6.16. The van der Waals surface area contributed by atoms with Crippen LogP contribution in [-0.4, -0.2) is 19.1 Å². The van der Waals surface area contributed by atoms with Crippen LogP contribution in [0.1, 0.15) is 37.7 Å². The Balaban J connectivity index is 2.41. The number of hydrogen-bond acceptors (Lipinski definition) is 1. The van der Waals surface area contributed by atoms with E-state index in [1.54, 1.807) is 0 Å².